The fourth-order valence-corrected chi connectivity index (χ4v) is 4.60. The van der Waals surface area contributed by atoms with E-state index in [1.807, 2.05) is 42.1 Å². The molecular weight excluding hydrogens is 354 g/mol. The van der Waals surface area contributed by atoms with E-state index in [1.54, 1.807) is 11.8 Å². The molecule has 1 heterocycles. The van der Waals surface area contributed by atoms with Gasteiger partial charge in [-0.1, -0.05) is 36.8 Å². The molecular formula is C22H33N3O3. The molecule has 2 fully saturated rings. The summed E-state index contributed by atoms with van der Waals surface area (Å²) in [6.07, 6.45) is 3.59. The molecule has 6 nitrogen and oxygen atoms in total. The molecule has 0 unspecified atom stereocenters. The van der Waals surface area contributed by atoms with Crippen molar-refractivity contribution < 1.29 is 14.7 Å². The van der Waals surface area contributed by atoms with E-state index in [0.717, 1.165) is 12.1 Å². The summed E-state index contributed by atoms with van der Waals surface area (Å²) < 4.78 is 0. The van der Waals surface area contributed by atoms with E-state index in [-0.39, 0.29) is 36.4 Å². The number of rotatable bonds is 8. The van der Waals surface area contributed by atoms with Crippen LogP contribution in [0.25, 0.3) is 0 Å². The lowest BCUT2D eigenvalue weighted by atomic mass is 9.74. The highest BCUT2D eigenvalue weighted by molar-refractivity contribution is 5.79. The second-order valence-electron chi connectivity index (χ2n) is 8.51. The number of amides is 2. The van der Waals surface area contributed by atoms with E-state index in [0.29, 0.717) is 19.0 Å². The maximum absolute atomic E-state index is 12.9. The Morgan fingerprint density at radius 2 is 1.79 bits per heavy atom. The van der Waals surface area contributed by atoms with Gasteiger partial charge in [0, 0.05) is 25.9 Å². The van der Waals surface area contributed by atoms with E-state index in [1.165, 1.54) is 19.3 Å². The summed E-state index contributed by atoms with van der Waals surface area (Å²) in [5.41, 5.74) is 1.12. The minimum atomic E-state index is -0.223. The molecule has 1 aliphatic heterocycles. The molecule has 0 bridgehead atoms. The van der Waals surface area contributed by atoms with Crippen molar-refractivity contribution in [2.75, 3.05) is 40.3 Å². The third-order valence-electron chi connectivity index (χ3n) is 6.19. The first-order chi connectivity index (χ1) is 13.4. The van der Waals surface area contributed by atoms with Crippen molar-refractivity contribution >= 4 is 11.8 Å². The Hall–Kier alpha value is -1.92. The topological polar surface area (TPSA) is 64.1 Å². The predicted molar refractivity (Wildman–Crippen MR) is 109 cm³/mol. The van der Waals surface area contributed by atoms with Crippen LogP contribution in [0.1, 0.15) is 37.7 Å². The van der Waals surface area contributed by atoms with Crippen LogP contribution in [-0.4, -0.2) is 84.0 Å². The first-order valence-electron chi connectivity index (χ1n) is 10.3. The number of aliphatic hydroxyl groups is 1. The molecule has 3 rings (SSSR count). The summed E-state index contributed by atoms with van der Waals surface area (Å²) >= 11 is 0. The van der Waals surface area contributed by atoms with Crippen LogP contribution in [0.15, 0.2) is 30.3 Å². The van der Waals surface area contributed by atoms with Crippen molar-refractivity contribution in [3.05, 3.63) is 35.9 Å². The molecule has 1 N–H and O–H groups in total. The van der Waals surface area contributed by atoms with Gasteiger partial charge in [0.15, 0.2) is 0 Å². The van der Waals surface area contributed by atoms with Crippen molar-refractivity contribution in [3.8, 4) is 0 Å². The van der Waals surface area contributed by atoms with Gasteiger partial charge >= 0.3 is 0 Å². The molecule has 1 aliphatic carbocycles. The Balaban J connectivity index is 1.82. The maximum atomic E-state index is 12.9. The average molecular weight is 388 g/mol. The second kappa shape index (κ2) is 9.05. The zero-order valence-corrected chi connectivity index (χ0v) is 17.3. The second-order valence-corrected chi connectivity index (χ2v) is 8.51. The van der Waals surface area contributed by atoms with Gasteiger partial charge in [-0.15, -0.1) is 0 Å². The molecule has 0 aromatic heterocycles. The van der Waals surface area contributed by atoms with Crippen LogP contribution in [0.4, 0.5) is 0 Å². The maximum Gasteiger partial charge on any atom is 0.236 e. The number of likely N-dealkylation sites (N-methyl/N-ethyl adjacent to an activating group) is 1. The zero-order chi connectivity index (χ0) is 20.3. The summed E-state index contributed by atoms with van der Waals surface area (Å²) in [5.74, 6) is 0.687. The standard InChI is InChI=1S/C22H33N3O3/c1-16(27)25-19(22(20(25)15-26)18-10-5-4-6-11-18)13-24(12-17-8-7-9-17)21(28)14-23(2)3/h4-6,10-11,17,19-20,22,26H,7-9,12-15H2,1-3H3/t19-,20-,22+/m0/s1. The number of hydrogen-bond donors (Lipinski definition) is 1. The summed E-state index contributed by atoms with van der Waals surface area (Å²) in [5, 5.41) is 9.93. The molecule has 1 saturated carbocycles. The number of benzene rings is 1. The van der Waals surface area contributed by atoms with E-state index in [9.17, 15) is 14.7 Å². The first kappa shape index (κ1) is 20.8. The molecule has 0 radical (unpaired) electrons. The third kappa shape index (κ3) is 4.39. The Bertz CT molecular complexity index is 675. The van der Waals surface area contributed by atoms with Crippen molar-refractivity contribution in [1.29, 1.82) is 0 Å². The lowest BCUT2D eigenvalue weighted by Crippen LogP contribution is -2.68. The van der Waals surface area contributed by atoms with Gasteiger partial charge in [-0.3, -0.25) is 9.59 Å². The van der Waals surface area contributed by atoms with Crippen molar-refractivity contribution in [3.63, 3.8) is 0 Å². The third-order valence-corrected chi connectivity index (χ3v) is 6.19. The van der Waals surface area contributed by atoms with Crippen LogP contribution in [0, 0.1) is 5.92 Å². The number of likely N-dealkylation sites (tertiary alicyclic amines) is 1. The highest BCUT2D eigenvalue weighted by Gasteiger charge is 2.51. The van der Waals surface area contributed by atoms with Crippen LogP contribution < -0.4 is 0 Å². The largest absolute Gasteiger partial charge is 0.394 e. The van der Waals surface area contributed by atoms with Crippen molar-refractivity contribution in [2.45, 2.75) is 44.2 Å². The number of aliphatic hydroxyl groups excluding tert-OH is 1. The highest BCUT2D eigenvalue weighted by Crippen LogP contribution is 2.41. The predicted octanol–water partition coefficient (Wildman–Crippen LogP) is 1.55. The Kier molecular flexibility index (Phi) is 6.73. The van der Waals surface area contributed by atoms with E-state index < -0.39 is 0 Å². The van der Waals surface area contributed by atoms with E-state index in [2.05, 4.69) is 12.1 Å². The minimum Gasteiger partial charge on any atom is -0.394 e. The molecule has 2 amide bonds. The average Bonchev–Trinajstić information content (AvgIpc) is 2.58. The van der Waals surface area contributed by atoms with Gasteiger partial charge in [-0.2, -0.15) is 0 Å². The molecule has 1 saturated heterocycles. The van der Waals surface area contributed by atoms with Gasteiger partial charge in [-0.25, -0.2) is 0 Å². The monoisotopic (exact) mass is 387 g/mol. The molecule has 1 aromatic rings. The smallest absolute Gasteiger partial charge is 0.236 e. The quantitative estimate of drug-likeness (QED) is 0.735. The van der Waals surface area contributed by atoms with Gasteiger partial charge in [-0.05, 0) is 38.4 Å². The highest BCUT2D eigenvalue weighted by atomic mass is 16.3. The molecule has 154 valence electrons. The molecule has 3 atom stereocenters. The number of nitrogens with zero attached hydrogens (tertiary/aromatic N) is 3. The molecule has 0 spiro atoms. The fourth-order valence-electron chi connectivity index (χ4n) is 4.60. The molecule has 1 aromatic carbocycles. The van der Waals surface area contributed by atoms with Gasteiger partial charge in [0.1, 0.15) is 0 Å². The summed E-state index contributed by atoms with van der Waals surface area (Å²) in [6.45, 7) is 3.15. The number of hydrogen-bond acceptors (Lipinski definition) is 4. The number of carbonyl (C=O) groups is 2. The van der Waals surface area contributed by atoms with Gasteiger partial charge in [0.2, 0.25) is 11.8 Å². The van der Waals surface area contributed by atoms with Crippen LogP contribution in [-0.2, 0) is 9.59 Å². The van der Waals surface area contributed by atoms with E-state index >= 15 is 0 Å². The summed E-state index contributed by atoms with van der Waals surface area (Å²) in [4.78, 5) is 30.8. The first-order valence-corrected chi connectivity index (χ1v) is 10.3. The van der Waals surface area contributed by atoms with Gasteiger partial charge < -0.3 is 19.8 Å². The van der Waals surface area contributed by atoms with Crippen molar-refractivity contribution in [1.82, 2.24) is 14.7 Å². The fraction of sp³-hybridized carbons (Fsp3) is 0.636. The Morgan fingerprint density at radius 1 is 1.11 bits per heavy atom. The zero-order valence-electron chi connectivity index (χ0n) is 17.3. The van der Waals surface area contributed by atoms with E-state index in [4.69, 9.17) is 0 Å². The summed E-state index contributed by atoms with van der Waals surface area (Å²) in [6, 6.07) is 9.73. The molecule has 2 aliphatic rings. The Morgan fingerprint density at radius 3 is 2.29 bits per heavy atom. The van der Waals surface area contributed by atoms with Gasteiger partial charge in [0.05, 0.1) is 25.2 Å². The van der Waals surface area contributed by atoms with Crippen LogP contribution in [0.3, 0.4) is 0 Å². The van der Waals surface area contributed by atoms with Crippen LogP contribution >= 0.6 is 0 Å². The molecule has 6 heteroatoms. The normalized spacial score (nSPS) is 24.6. The lowest BCUT2D eigenvalue weighted by molar-refractivity contribution is -0.153. The SMILES string of the molecule is CC(=O)N1[C@@H](CO)[C@H](c2ccccc2)[C@@H]1CN(CC1CCC1)C(=O)CN(C)C. The van der Waals surface area contributed by atoms with Crippen molar-refractivity contribution in [2.24, 2.45) is 5.92 Å². The molecule has 28 heavy (non-hydrogen) atoms. The number of carbonyl (C=O) groups excluding carboxylic acids is 2. The minimum absolute atomic E-state index is 0.0418. The summed E-state index contributed by atoms with van der Waals surface area (Å²) in [7, 11) is 3.80. The lowest BCUT2D eigenvalue weighted by Gasteiger charge is -2.56. The van der Waals surface area contributed by atoms with Crippen LogP contribution in [0.5, 0.6) is 0 Å². The van der Waals surface area contributed by atoms with Gasteiger partial charge in [0.25, 0.3) is 0 Å². The van der Waals surface area contributed by atoms with Crippen LogP contribution in [0.2, 0.25) is 0 Å². The Labute approximate surface area is 168 Å².